The summed E-state index contributed by atoms with van der Waals surface area (Å²) in [5.74, 6) is 1.26. The van der Waals surface area contributed by atoms with E-state index in [-0.39, 0.29) is 17.5 Å². The van der Waals surface area contributed by atoms with Crippen molar-refractivity contribution in [3.05, 3.63) is 126 Å². The Morgan fingerprint density at radius 3 is 2.15 bits per heavy atom. The third-order valence-electron chi connectivity index (χ3n) is 9.49. The predicted octanol–water partition coefficient (Wildman–Crippen LogP) is 12.1. The van der Waals surface area contributed by atoms with Gasteiger partial charge < -0.3 is 8.83 Å². The van der Waals surface area contributed by atoms with Crippen LogP contribution in [0.15, 0.2) is 118 Å². The van der Waals surface area contributed by atoms with Crippen molar-refractivity contribution >= 4 is 55.0 Å². The van der Waals surface area contributed by atoms with E-state index in [1.807, 2.05) is 30.3 Å². The van der Waals surface area contributed by atoms with E-state index in [1.165, 1.54) is 28.3 Å². The number of imidazole rings is 1. The van der Waals surface area contributed by atoms with Crippen molar-refractivity contribution in [2.75, 3.05) is 0 Å². The number of nitrogens with zero attached hydrogens (tertiary/aromatic N) is 3. The molecule has 234 valence electrons. The van der Waals surface area contributed by atoms with Crippen LogP contribution in [-0.2, 0) is 0 Å². The summed E-state index contributed by atoms with van der Waals surface area (Å²) in [5, 5.41) is 2.44. The number of hydrogen-bond donors (Lipinski definition) is 0. The SMILES string of the molecule is [2H]C([2H])([2H])c1ccc2oc3c(ccc4oc5c(-c6nc7ccccc7n6-c6c(C(C)C)cc(-c7ccccc7)cc6C(C)C)cccc5c43)c2n1. The van der Waals surface area contributed by atoms with Crippen LogP contribution in [0.1, 0.15) is 60.5 Å². The van der Waals surface area contributed by atoms with Gasteiger partial charge in [0.15, 0.2) is 5.58 Å². The molecule has 0 saturated heterocycles. The molecule has 48 heavy (non-hydrogen) atoms. The van der Waals surface area contributed by atoms with Crippen molar-refractivity contribution in [1.29, 1.82) is 0 Å². The molecular weight excluding hydrogens is 590 g/mol. The second kappa shape index (κ2) is 10.7. The average molecular weight is 629 g/mol. The van der Waals surface area contributed by atoms with Gasteiger partial charge in [0.05, 0.1) is 27.7 Å². The molecule has 0 fully saturated rings. The Hall–Kier alpha value is -5.68. The van der Waals surface area contributed by atoms with E-state index in [0.717, 1.165) is 44.3 Å². The maximum Gasteiger partial charge on any atom is 0.153 e. The van der Waals surface area contributed by atoms with Crippen molar-refractivity contribution in [1.82, 2.24) is 14.5 Å². The second-order valence-electron chi connectivity index (χ2n) is 13.2. The first kappa shape index (κ1) is 25.4. The monoisotopic (exact) mass is 628 g/mol. The number of aryl methyl sites for hydroxylation is 1. The number of fused-ring (bicyclic) bond motifs is 8. The fraction of sp³-hybridized carbons (Fsp3) is 0.163. The van der Waals surface area contributed by atoms with Crippen LogP contribution in [0.2, 0.25) is 0 Å². The lowest BCUT2D eigenvalue weighted by molar-refractivity contribution is 0.662. The summed E-state index contributed by atoms with van der Waals surface area (Å²) in [4.78, 5) is 9.82. The summed E-state index contributed by atoms with van der Waals surface area (Å²) in [6, 6.07) is 36.7. The number of hydrogen-bond acceptors (Lipinski definition) is 4. The summed E-state index contributed by atoms with van der Waals surface area (Å²) in [5.41, 5.74) is 11.9. The minimum absolute atomic E-state index is 0.0365. The quantitative estimate of drug-likeness (QED) is 0.190. The molecule has 0 bridgehead atoms. The number of pyridine rings is 1. The van der Waals surface area contributed by atoms with Crippen molar-refractivity contribution in [3.8, 4) is 28.2 Å². The summed E-state index contributed by atoms with van der Waals surface area (Å²) in [6.45, 7) is 6.70. The first-order valence-electron chi connectivity index (χ1n) is 18.0. The number of aromatic nitrogens is 3. The highest BCUT2D eigenvalue weighted by atomic mass is 16.3. The summed E-state index contributed by atoms with van der Waals surface area (Å²) < 4.78 is 39.1. The van der Waals surface area contributed by atoms with Crippen LogP contribution in [0.25, 0.3) is 83.2 Å². The van der Waals surface area contributed by atoms with Crippen LogP contribution in [0.5, 0.6) is 0 Å². The molecule has 0 unspecified atom stereocenters. The summed E-state index contributed by atoms with van der Waals surface area (Å²) in [6.07, 6.45) is 0. The predicted molar refractivity (Wildman–Crippen MR) is 197 cm³/mol. The van der Waals surface area contributed by atoms with Crippen LogP contribution in [0.3, 0.4) is 0 Å². The van der Waals surface area contributed by atoms with Crippen LogP contribution >= 0.6 is 0 Å². The smallest absolute Gasteiger partial charge is 0.153 e. The molecule has 0 amide bonds. The maximum atomic E-state index is 7.89. The minimum atomic E-state index is -2.32. The Morgan fingerprint density at radius 2 is 1.38 bits per heavy atom. The number of benzene rings is 5. The molecule has 4 aromatic heterocycles. The van der Waals surface area contributed by atoms with Gasteiger partial charge in [-0.1, -0.05) is 82.3 Å². The molecule has 5 nitrogen and oxygen atoms in total. The van der Waals surface area contributed by atoms with E-state index in [4.69, 9.17) is 17.9 Å². The molecule has 0 radical (unpaired) electrons. The van der Waals surface area contributed by atoms with Gasteiger partial charge in [-0.15, -0.1) is 0 Å². The Bertz CT molecular complexity index is 2780. The van der Waals surface area contributed by atoms with E-state index in [2.05, 4.69) is 104 Å². The average Bonchev–Trinajstić information content (AvgIpc) is 3.81. The zero-order valence-corrected chi connectivity index (χ0v) is 27.2. The van der Waals surface area contributed by atoms with Gasteiger partial charge in [0, 0.05) is 20.6 Å². The Balaban J connectivity index is 1.34. The topological polar surface area (TPSA) is 57.0 Å². The molecule has 0 aliphatic carbocycles. The van der Waals surface area contributed by atoms with E-state index in [1.54, 1.807) is 6.07 Å². The zero-order chi connectivity index (χ0) is 35.2. The van der Waals surface area contributed by atoms with Crippen LogP contribution < -0.4 is 0 Å². The molecule has 5 heteroatoms. The number of rotatable bonds is 5. The largest absolute Gasteiger partial charge is 0.455 e. The van der Waals surface area contributed by atoms with Gasteiger partial charge in [-0.05, 0) is 95.5 Å². The van der Waals surface area contributed by atoms with E-state index >= 15 is 0 Å². The molecule has 9 aromatic rings. The van der Waals surface area contributed by atoms with Gasteiger partial charge in [-0.3, -0.25) is 4.57 Å². The van der Waals surface area contributed by atoms with Gasteiger partial charge in [0.25, 0.3) is 0 Å². The fourth-order valence-electron chi connectivity index (χ4n) is 7.21. The Labute approximate surface area is 282 Å². The maximum absolute atomic E-state index is 7.89. The normalized spacial score (nSPS) is 13.4. The van der Waals surface area contributed by atoms with Crippen LogP contribution in [-0.4, -0.2) is 14.5 Å². The minimum Gasteiger partial charge on any atom is -0.455 e. The standard InChI is InChI=1S/C43H35N3O2/c1-24(2)32-22-28(27-12-7-6-8-13-27)23-33(25(3)4)40(32)46-35-17-10-9-16-34(35)45-43(46)31-15-11-14-29-38-36(47-41(29)31)21-19-30-39-37(48-42(30)38)20-18-26(5)44-39/h6-25H,1-5H3/i5D3. The zero-order valence-electron chi connectivity index (χ0n) is 30.2. The summed E-state index contributed by atoms with van der Waals surface area (Å²) >= 11 is 0. The Kier molecular flexibility index (Phi) is 5.65. The molecular formula is C43H35N3O2. The van der Waals surface area contributed by atoms with E-state index in [9.17, 15) is 0 Å². The first-order chi connectivity index (χ1) is 24.6. The molecule has 9 rings (SSSR count). The second-order valence-corrected chi connectivity index (χ2v) is 13.2. The molecule has 0 spiro atoms. The van der Waals surface area contributed by atoms with Gasteiger partial charge in [-0.25, -0.2) is 9.97 Å². The van der Waals surface area contributed by atoms with Crippen molar-refractivity contribution in [2.24, 2.45) is 0 Å². The van der Waals surface area contributed by atoms with Crippen molar-refractivity contribution < 1.29 is 12.9 Å². The molecule has 0 atom stereocenters. The molecule has 0 saturated carbocycles. The fourth-order valence-corrected chi connectivity index (χ4v) is 7.21. The molecule has 5 aromatic carbocycles. The van der Waals surface area contributed by atoms with Crippen LogP contribution in [0.4, 0.5) is 0 Å². The van der Waals surface area contributed by atoms with Crippen molar-refractivity contribution in [3.63, 3.8) is 0 Å². The molecule has 0 N–H and O–H groups in total. The highest BCUT2D eigenvalue weighted by Gasteiger charge is 2.26. The summed E-state index contributed by atoms with van der Waals surface area (Å²) in [7, 11) is 0. The van der Waals surface area contributed by atoms with E-state index in [0.29, 0.717) is 27.8 Å². The first-order valence-corrected chi connectivity index (χ1v) is 16.5. The molecule has 0 aliphatic heterocycles. The van der Waals surface area contributed by atoms with E-state index < -0.39 is 6.85 Å². The molecule has 4 heterocycles. The van der Waals surface area contributed by atoms with Crippen molar-refractivity contribution in [2.45, 2.75) is 46.4 Å². The van der Waals surface area contributed by atoms with Crippen LogP contribution in [0, 0.1) is 6.85 Å². The van der Waals surface area contributed by atoms with Gasteiger partial charge in [0.1, 0.15) is 28.1 Å². The van der Waals surface area contributed by atoms with Gasteiger partial charge in [-0.2, -0.15) is 0 Å². The third-order valence-corrected chi connectivity index (χ3v) is 9.49. The highest BCUT2D eigenvalue weighted by molar-refractivity contribution is 6.22. The Morgan fingerprint density at radius 1 is 0.646 bits per heavy atom. The van der Waals surface area contributed by atoms with Gasteiger partial charge in [0.2, 0.25) is 0 Å². The lowest BCUT2D eigenvalue weighted by Gasteiger charge is -2.24. The van der Waals surface area contributed by atoms with Gasteiger partial charge >= 0.3 is 0 Å². The number of furan rings is 2. The highest BCUT2D eigenvalue weighted by Crippen LogP contribution is 2.44. The lowest BCUT2D eigenvalue weighted by atomic mass is 9.88. The lowest BCUT2D eigenvalue weighted by Crippen LogP contribution is -2.09. The third kappa shape index (κ3) is 4.24. The number of para-hydroxylation sites is 3. The molecule has 0 aliphatic rings.